The Kier molecular flexibility index (Phi) is 1.96. The van der Waals surface area contributed by atoms with Crippen molar-refractivity contribution in [2.75, 3.05) is 0 Å². The molecule has 0 saturated carbocycles. The average molecular weight is 229 g/mol. The Hall–Kier alpha value is -0.520. The molecule has 0 aliphatic heterocycles. The highest BCUT2D eigenvalue weighted by atomic mass is 79.9. The molecule has 0 aromatic carbocycles. The van der Waals surface area contributed by atoms with Crippen molar-refractivity contribution >= 4 is 15.9 Å². The van der Waals surface area contributed by atoms with Gasteiger partial charge in [-0.15, -0.1) is 13.2 Å². The normalized spacial score (nSPS) is 12.1. The Morgan fingerprint density at radius 1 is 1.55 bits per heavy atom. The molecule has 6 heteroatoms. The quantitative estimate of drug-likeness (QED) is 0.667. The van der Waals surface area contributed by atoms with E-state index in [1.807, 2.05) is 0 Å². The van der Waals surface area contributed by atoms with Gasteiger partial charge in [0, 0.05) is 0 Å². The third kappa shape index (κ3) is 1.55. The maximum absolute atomic E-state index is 11.9. The van der Waals surface area contributed by atoms with E-state index in [4.69, 9.17) is 0 Å². The first kappa shape index (κ1) is 8.58. The van der Waals surface area contributed by atoms with Gasteiger partial charge in [0.25, 0.3) is 0 Å². The molecule has 0 atom stereocenters. The van der Waals surface area contributed by atoms with E-state index in [0.29, 0.717) is 4.47 Å². The summed E-state index contributed by atoms with van der Waals surface area (Å²) in [7, 11) is 0. The van der Waals surface area contributed by atoms with Gasteiger partial charge >= 0.3 is 6.30 Å². The van der Waals surface area contributed by atoms with Gasteiger partial charge in [0.05, 0.1) is 16.4 Å². The Morgan fingerprint density at radius 3 is 2.27 bits per heavy atom. The number of hydrogen-bond donors (Lipinski definition) is 0. The van der Waals surface area contributed by atoms with Gasteiger partial charge in [-0.05, 0) is 22.9 Å². The second-order valence-electron chi connectivity index (χ2n) is 1.96. The van der Waals surface area contributed by atoms with Gasteiger partial charge in [0.1, 0.15) is 0 Å². The third-order valence-electron chi connectivity index (χ3n) is 1.19. The lowest BCUT2D eigenvalue weighted by molar-refractivity contribution is -0.213. The molecule has 1 aromatic heterocycles. The molecule has 0 aliphatic rings. The first-order valence-corrected chi connectivity index (χ1v) is 3.49. The summed E-state index contributed by atoms with van der Waals surface area (Å²) in [6.45, 7) is 1.34. The highest BCUT2D eigenvalue weighted by molar-refractivity contribution is 9.10. The Bertz CT molecular complexity index is 265. The zero-order valence-corrected chi connectivity index (χ0v) is 7.07. The summed E-state index contributed by atoms with van der Waals surface area (Å²) in [6.07, 6.45) is -3.31. The van der Waals surface area contributed by atoms with Crippen LogP contribution in [0.2, 0.25) is 0 Å². The molecule has 1 rings (SSSR count). The molecule has 1 heterocycles. The van der Waals surface area contributed by atoms with Crippen LogP contribution >= 0.6 is 15.9 Å². The molecule has 0 unspecified atom stereocenters. The van der Waals surface area contributed by atoms with Gasteiger partial charge in [-0.2, -0.15) is 9.78 Å². The monoisotopic (exact) mass is 228 g/mol. The summed E-state index contributed by atoms with van der Waals surface area (Å²) in [5, 5.41) is 3.13. The van der Waals surface area contributed by atoms with Gasteiger partial charge in [-0.3, -0.25) is 0 Å². The molecule has 0 amide bonds. The molecule has 0 spiro atoms. The molecule has 0 fully saturated rings. The minimum absolute atomic E-state index is 0.0110. The first-order chi connectivity index (χ1) is 4.93. The lowest BCUT2D eigenvalue weighted by Crippen LogP contribution is -2.19. The van der Waals surface area contributed by atoms with Gasteiger partial charge < -0.3 is 0 Å². The number of halogens is 4. The molecular formula is C5H4BrF3N2. The number of rotatable bonds is 0. The molecule has 0 aliphatic carbocycles. The van der Waals surface area contributed by atoms with Crippen LogP contribution in [0, 0.1) is 6.92 Å². The highest BCUT2D eigenvalue weighted by Gasteiger charge is 2.33. The van der Waals surface area contributed by atoms with Gasteiger partial charge in [0.15, 0.2) is 0 Å². The van der Waals surface area contributed by atoms with Crippen LogP contribution in [0.1, 0.15) is 5.69 Å². The number of alkyl halides is 3. The summed E-state index contributed by atoms with van der Waals surface area (Å²) in [6, 6.07) is 0. The van der Waals surface area contributed by atoms with Crippen LogP contribution in [0.15, 0.2) is 10.7 Å². The van der Waals surface area contributed by atoms with E-state index in [0.717, 1.165) is 6.20 Å². The fourth-order valence-electron chi connectivity index (χ4n) is 0.645. The maximum atomic E-state index is 11.9. The molecule has 1 aromatic rings. The van der Waals surface area contributed by atoms with Crippen molar-refractivity contribution in [3.8, 4) is 0 Å². The summed E-state index contributed by atoms with van der Waals surface area (Å²) >= 11 is 2.93. The van der Waals surface area contributed by atoms with Crippen LogP contribution in [-0.4, -0.2) is 9.78 Å². The van der Waals surface area contributed by atoms with Crippen LogP contribution in [0.25, 0.3) is 0 Å². The predicted molar refractivity (Wildman–Crippen MR) is 36.0 cm³/mol. The Balaban J connectivity index is 3.15. The molecule has 0 radical (unpaired) electrons. The van der Waals surface area contributed by atoms with E-state index >= 15 is 0 Å². The van der Waals surface area contributed by atoms with Gasteiger partial charge in [-0.1, -0.05) is 0 Å². The van der Waals surface area contributed by atoms with Crippen LogP contribution < -0.4 is 0 Å². The van der Waals surface area contributed by atoms with Gasteiger partial charge in [0.2, 0.25) is 0 Å². The Morgan fingerprint density at radius 2 is 2.09 bits per heavy atom. The SMILES string of the molecule is Cc1c(Br)cnn1C(F)(F)F. The van der Waals surface area contributed by atoms with Crippen LogP contribution in [-0.2, 0) is 6.30 Å². The zero-order chi connectivity index (χ0) is 8.65. The molecular weight excluding hydrogens is 225 g/mol. The van der Waals surface area contributed by atoms with Crippen molar-refractivity contribution in [1.82, 2.24) is 9.78 Å². The van der Waals surface area contributed by atoms with E-state index in [-0.39, 0.29) is 10.4 Å². The van der Waals surface area contributed by atoms with E-state index in [1.165, 1.54) is 6.92 Å². The lowest BCUT2D eigenvalue weighted by Gasteiger charge is -2.07. The summed E-state index contributed by atoms with van der Waals surface area (Å²) in [5.74, 6) is 0. The molecule has 0 bridgehead atoms. The van der Waals surface area contributed by atoms with Crippen molar-refractivity contribution in [1.29, 1.82) is 0 Å². The van der Waals surface area contributed by atoms with Crippen molar-refractivity contribution in [3.05, 3.63) is 16.4 Å². The topological polar surface area (TPSA) is 17.8 Å². The van der Waals surface area contributed by atoms with Crippen LogP contribution in [0.5, 0.6) is 0 Å². The van der Waals surface area contributed by atoms with E-state index in [9.17, 15) is 13.2 Å². The second kappa shape index (κ2) is 2.51. The number of aromatic nitrogens is 2. The highest BCUT2D eigenvalue weighted by Crippen LogP contribution is 2.26. The fraction of sp³-hybridized carbons (Fsp3) is 0.400. The van der Waals surface area contributed by atoms with Crippen LogP contribution in [0.4, 0.5) is 13.2 Å². The van der Waals surface area contributed by atoms with Crippen molar-refractivity contribution < 1.29 is 13.2 Å². The number of nitrogens with zero attached hydrogens (tertiary/aromatic N) is 2. The largest absolute Gasteiger partial charge is 0.504 e. The lowest BCUT2D eigenvalue weighted by atomic mass is 10.5. The molecule has 2 nitrogen and oxygen atoms in total. The summed E-state index contributed by atoms with van der Waals surface area (Å²) in [4.78, 5) is 0. The molecule has 11 heavy (non-hydrogen) atoms. The molecule has 62 valence electrons. The van der Waals surface area contributed by atoms with Crippen molar-refractivity contribution in [2.24, 2.45) is 0 Å². The molecule has 0 N–H and O–H groups in total. The second-order valence-corrected chi connectivity index (χ2v) is 2.81. The standard InChI is InChI=1S/C5H4BrF3N2/c1-3-4(6)2-10-11(3)5(7,8)9/h2H,1H3. The average Bonchev–Trinajstić information content (AvgIpc) is 2.11. The third-order valence-corrected chi connectivity index (χ3v) is 1.97. The number of hydrogen-bond acceptors (Lipinski definition) is 1. The Labute approximate surface area is 69.1 Å². The first-order valence-electron chi connectivity index (χ1n) is 2.70. The summed E-state index contributed by atoms with van der Waals surface area (Å²) in [5.41, 5.74) is 0.0532. The van der Waals surface area contributed by atoms with Crippen molar-refractivity contribution in [3.63, 3.8) is 0 Å². The van der Waals surface area contributed by atoms with E-state index in [1.54, 1.807) is 0 Å². The zero-order valence-electron chi connectivity index (χ0n) is 5.48. The fourth-order valence-corrected chi connectivity index (χ4v) is 0.905. The van der Waals surface area contributed by atoms with E-state index < -0.39 is 6.30 Å². The minimum Gasteiger partial charge on any atom is -0.175 e. The van der Waals surface area contributed by atoms with Crippen molar-refractivity contribution in [2.45, 2.75) is 13.2 Å². The minimum atomic E-state index is -4.42. The van der Waals surface area contributed by atoms with Gasteiger partial charge in [-0.25, -0.2) is 0 Å². The smallest absolute Gasteiger partial charge is 0.175 e. The molecule has 0 saturated heterocycles. The summed E-state index contributed by atoms with van der Waals surface area (Å²) < 4.78 is 36.2. The predicted octanol–water partition coefficient (Wildman–Crippen LogP) is 2.43. The maximum Gasteiger partial charge on any atom is 0.504 e. The van der Waals surface area contributed by atoms with Crippen LogP contribution in [0.3, 0.4) is 0 Å². The van der Waals surface area contributed by atoms with E-state index in [2.05, 4.69) is 21.0 Å².